The molecule has 2 amide bonds. The molecule has 2 rings (SSSR count). The summed E-state index contributed by atoms with van der Waals surface area (Å²) in [4.78, 5) is 23.2. The quantitative estimate of drug-likeness (QED) is 0.817. The fraction of sp³-hybridized carbons (Fsp3) is 0.167. The van der Waals surface area contributed by atoms with Crippen LogP contribution in [0.4, 0.5) is 5.69 Å². The van der Waals surface area contributed by atoms with Crippen LogP contribution < -0.4 is 15.4 Å². The SMILES string of the molecule is N#CCC(=O)Nc1cccc(CNC(=O)COc2ccccc2)c1. The van der Waals surface area contributed by atoms with Gasteiger partial charge in [0.1, 0.15) is 12.2 Å². The van der Waals surface area contributed by atoms with Gasteiger partial charge in [-0.15, -0.1) is 0 Å². The first-order chi connectivity index (χ1) is 11.7. The first-order valence-corrected chi connectivity index (χ1v) is 7.37. The highest BCUT2D eigenvalue weighted by Crippen LogP contribution is 2.11. The molecule has 122 valence electrons. The molecule has 0 aliphatic rings. The maximum absolute atomic E-state index is 11.8. The van der Waals surface area contributed by atoms with Gasteiger partial charge in [0.05, 0.1) is 6.07 Å². The number of nitrogens with one attached hydrogen (secondary N) is 2. The number of anilines is 1. The lowest BCUT2D eigenvalue weighted by Crippen LogP contribution is -2.28. The zero-order chi connectivity index (χ0) is 17.2. The summed E-state index contributed by atoms with van der Waals surface area (Å²) in [5.41, 5.74) is 1.42. The van der Waals surface area contributed by atoms with Gasteiger partial charge in [0.15, 0.2) is 6.61 Å². The number of hydrogen-bond donors (Lipinski definition) is 2. The minimum absolute atomic E-state index is 0.0669. The predicted octanol–water partition coefficient (Wildman–Crippen LogP) is 2.23. The van der Waals surface area contributed by atoms with Crippen LogP contribution in [-0.4, -0.2) is 18.4 Å². The molecule has 6 heteroatoms. The lowest BCUT2D eigenvalue weighted by molar-refractivity contribution is -0.123. The highest BCUT2D eigenvalue weighted by atomic mass is 16.5. The Morgan fingerprint density at radius 3 is 2.58 bits per heavy atom. The summed E-state index contributed by atoms with van der Waals surface area (Å²) >= 11 is 0. The second-order valence-electron chi connectivity index (χ2n) is 4.96. The first kappa shape index (κ1) is 17.0. The molecule has 2 N–H and O–H groups in total. The molecule has 0 bridgehead atoms. The van der Waals surface area contributed by atoms with Crippen molar-refractivity contribution in [3.8, 4) is 11.8 Å². The summed E-state index contributed by atoms with van der Waals surface area (Å²) in [7, 11) is 0. The van der Waals surface area contributed by atoms with E-state index in [1.807, 2.05) is 24.3 Å². The van der Waals surface area contributed by atoms with Crippen molar-refractivity contribution in [3.05, 3.63) is 60.2 Å². The van der Waals surface area contributed by atoms with E-state index >= 15 is 0 Å². The molecule has 0 unspecified atom stereocenters. The van der Waals surface area contributed by atoms with Crippen molar-refractivity contribution in [2.24, 2.45) is 0 Å². The highest BCUT2D eigenvalue weighted by Gasteiger charge is 2.05. The van der Waals surface area contributed by atoms with Crippen molar-refractivity contribution < 1.29 is 14.3 Å². The van der Waals surface area contributed by atoms with Crippen LogP contribution in [0.5, 0.6) is 5.75 Å². The molecular formula is C18H17N3O3. The average Bonchev–Trinajstić information content (AvgIpc) is 2.59. The Labute approximate surface area is 140 Å². The fourth-order valence-electron chi connectivity index (χ4n) is 1.95. The third-order valence-corrected chi connectivity index (χ3v) is 3.05. The monoisotopic (exact) mass is 323 g/mol. The van der Waals surface area contributed by atoms with Crippen LogP contribution in [-0.2, 0) is 16.1 Å². The summed E-state index contributed by atoms with van der Waals surface area (Å²) in [6, 6.07) is 17.9. The normalized spacial score (nSPS) is 9.62. The number of rotatable bonds is 7. The summed E-state index contributed by atoms with van der Waals surface area (Å²) < 4.78 is 5.36. The molecule has 0 atom stereocenters. The van der Waals surface area contributed by atoms with Crippen molar-refractivity contribution in [3.63, 3.8) is 0 Å². The standard InChI is InChI=1S/C18H17N3O3/c19-10-9-17(22)21-15-6-4-5-14(11-15)12-20-18(23)13-24-16-7-2-1-3-8-16/h1-8,11H,9,12-13H2,(H,20,23)(H,21,22). The number of para-hydroxylation sites is 1. The Hall–Kier alpha value is -3.33. The highest BCUT2D eigenvalue weighted by molar-refractivity contribution is 5.92. The summed E-state index contributed by atoms with van der Waals surface area (Å²) in [6.45, 7) is 0.252. The average molecular weight is 323 g/mol. The Morgan fingerprint density at radius 2 is 1.83 bits per heavy atom. The molecule has 0 aliphatic heterocycles. The van der Waals surface area contributed by atoms with Gasteiger partial charge >= 0.3 is 0 Å². The molecule has 0 aliphatic carbocycles. The number of nitrogens with zero attached hydrogens (tertiary/aromatic N) is 1. The second-order valence-corrected chi connectivity index (χ2v) is 4.96. The van der Waals surface area contributed by atoms with E-state index < -0.39 is 0 Å². The summed E-state index contributed by atoms with van der Waals surface area (Å²) in [5, 5.41) is 13.8. The van der Waals surface area contributed by atoms with Gasteiger partial charge in [-0.2, -0.15) is 5.26 Å². The number of carbonyl (C=O) groups excluding carboxylic acids is 2. The molecule has 0 heterocycles. The molecule has 2 aromatic carbocycles. The van der Waals surface area contributed by atoms with E-state index in [1.165, 1.54) is 0 Å². The topological polar surface area (TPSA) is 91.2 Å². The maximum Gasteiger partial charge on any atom is 0.258 e. The van der Waals surface area contributed by atoms with E-state index in [0.29, 0.717) is 18.0 Å². The molecule has 0 saturated carbocycles. The zero-order valence-corrected chi connectivity index (χ0v) is 13.0. The molecular weight excluding hydrogens is 306 g/mol. The largest absolute Gasteiger partial charge is 0.484 e. The van der Waals surface area contributed by atoms with Crippen LogP contribution in [0, 0.1) is 11.3 Å². The van der Waals surface area contributed by atoms with Gasteiger partial charge in [-0.25, -0.2) is 0 Å². The first-order valence-electron chi connectivity index (χ1n) is 7.37. The Balaban J connectivity index is 1.80. The number of carbonyl (C=O) groups is 2. The summed E-state index contributed by atoms with van der Waals surface area (Å²) in [5.74, 6) is 0.0302. The van der Waals surface area contributed by atoms with Crippen LogP contribution in [0.25, 0.3) is 0 Å². The Kier molecular flexibility index (Phi) is 6.35. The van der Waals surface area contributed by atoms with E-state index in [0.717, 1.165) is 5.56 Å². The van der Waals surface area contributed by atoms with Crippen LogP contribution in [0.2, 0.25) is 0 Å². The molecule has 6 nitrogen and oxygen atoms in total. The smallest absolute Gasteiger partial charge is 0.258 e. The van der Waals surface area contributed by atoms with E-state index in [4.69, 9.17) is 10.00 Å². The molecule has 0 fully saturated rings. The molecule has 24 heavy (non-hydrogen) atoms. The summed E-state index contributed by atoms with van der Waals surface area (Å²) in [6.07, 6.45) is -0.197. The van der Waals surface area contributed by atoms with Crippen molar-refractivity contribution in [1.29, 1.82) is 5.26 Å². The van der Waals surface area contributed by atoms with Crippen molar-refractivity contribution >= 4 is 17.5 Å². The van der Waals surface area contributed by atoms with Crippen LogP contribution in [0.1, 0.15) is 12.0 Å². The molecule has 0 spiro atoms. The van der Waals surface area contributed by atoms with Crippen LogP contribution in [0.15, 0.2) is 54.6 Å². The van der Waals surface area contributed by atoms with Crippen molar-refractivity contribution in [2.45, 2.75) is 13.0 Å². The number of benzene rings is 2. The van der Waals surface area contributed by atoms with E-state index in [1.54, 1.807) is 36.4 Å². The van der Waals surface area contributed by atoms with E-state index in [9.17, 15) is 9.59 Å². The zero-order valence-electron chi connectivity index (χ0n) is 13.0. The minimum atomic E-state index is -0.366. The van der Waals surface area contributed by atoms with Crippen LogP contribution >= 0.6 is 0 Å². The number of hydrogen-bond acceptors (Lipinski definition) is 4. The maximum atomic E-state index is 11.8. The van der Waals surface area contributed by atoms with Crippen molar-refractivity contribution in [2.75, 3.05) is 11.9 Å². The molecule has 0 saturated heterocycles. The Morgan fingerprint density at radius 1 is 1.04 bits per heavy atom. The molecule has 0 aromatic heterocycles. The van der Waals surface area contributed by atoms with Gasteiger partial charge in [-0.1, -0.05) is 30.3 Å². The van der Waals surface area contributed by atoms with E-state index in [-0.39, 0.29) is 24.8 Å². The molecule has 0 radical (unpaired) electrons. The number of nitriles is 1. The lowest BCUT2D eigenvalue weighted by Gasteiger charge is -2.09. The second kappa shape index (κ2) is 8.96. The number of ether oxygens (including phenoxy) is 1. The number of amides is 2. The van der Waals surface area contributed by atoms with E-state index in [2.05, 4.69) is 10.6 Å². The van der Waals surface area contributed by atoms with Crippen molar-refractivity contribution in [1.82, 2.24) is 5.32 Å². The van der Waals surface area contributed by atoms with Gasteiger partial charge in [-0.3, -0.25) is 9.59 Å². The fourth-order valence-corrected chi connectivity index (χ4v) is 1.95. The predicted molar refractivity (Wildman–Crippen MR) is 89.1 cm³/mol. The van der Waals surface area contributed by atoms with Gasteiger partial charge in [-0.05, 0) is 29.8 Å². The van der Waals surface area contributed by atoms with Crippen LogP contribution in [0.3, 0.4) is 0 Å². The van der Waals surface area contributed by atoms with Gasteiger partial charge in [0.2, 0.25) is 5.91 Å². The van der Waals surface area contributed by atoms with Gasteiger partial charge in [0, 0.05) is 12.2 Å². The minimum Gasteiger partial charge on any atom is -0.484 e. The Bertz CT molecular complexity index is 739. The van der Waals surface area contributed by atoms with Gasteiger partial charge in [0.25, 0.3) is 5.91 Å². The third kappa shape index (κ3) is 5.81. The third-order valence-electron chi connectivity index (χ3n) is 3.05. The lowest BCUT2D eigenvalue weighted by atomic mass is 10.2. The van der Waals surface area contributed by atoms with Gasteiger partial charge < -0.3 is 15.4 Å². The molecule has 2 aromatic rings.